The molecule has 6 nitrogen and oxygen atoms in total. The Morgan fingerprint density at radius 3 is 2.84 bits per heavy atom. The number of guanidine groups is 1. The lowest BCUT2D eigenvalue weighted by atomic mass is 10.0. The van der Waals surface area contributed by atoms with E-state index in [1.165, 1.54) is 44.9 Å². The minimum atomic E-state index is 0. The molecule has 0 spiro atoms. The smallest absolute Gasteiger partial charge is 0.191 e. The van der Waals surface area contributed by atoms with Crippen LogP contribution in [-0.2, 0) is 6.54 Å². The summed E-state index contributed by atoms with van der Waals surface area (Å²) in [6, 6.07) is 5.90. The van der Waals surface area contributed by atoms with Gasteiger partial charge in [-0.05, 0) is 24.5 Å². The van der Waals surface area contributed by atoms with Crippen molar-refractivity contribution >= 4 is 35.6 Å². The molecule has 7 heteroatoms. The Kier molecular flexibility index (Phi) is 8.43. The van der Waals surface area contributed by atoms with Crippen LogP contribution in [-0.4, -0.2) is 34.2 Å². The highest BCUT2D eigenvalue weighted by Gasteiger charge is 2.13. The van der Waals surface area contributed by atoms with Crippen LogP contribution in [0.4, 0.5) is 0 Å². The van der Waals surface area contributed by atoms with Gasteiger partial charge >= 0.3 is 0 Å². The molecule has 2 heterocycles. The second kappa shape index (κ2) is 10.6. The van der Waals surface area contributed by atoms with E-state index in [0.717, 1.165) is 29.9 Å². The van der Waals surface area contributed by atoms with E-state index in [1.54, 1.807) is 7.05 Å². The molecule has 2 aromatic heterocycles. The second-order valence-corrected chi connectivity index (χ2v) is 6.54. The lowest BCUT2D eigenvalue weighted by molar-refractivity contribution is 0.472. The molecule has 0 unspecified atom stereocenters. The van der Waals surface area contributed by atoms with Gasteiger partial charge in [0, 0.05) is 19.8 Å². The van der Waals surface area contributed by atoms with Gasteiger partial charge in [-0.25, -0.2) is 0 Å². The van der Waals surface area contributed by atoms with Gasteiger partial charge in [-0.1, -0.05) is 44.6 Å². The Bertz CT molecular complexity index is 662. The standard InChI is InChI=1S/C18H28N6.HI/c1-19-18(20-12-6-4-10-15-8-2-3-9-15)21-14-17-23-22-16-11-5-7-13-24(16)17;/h5,7,11,13,15H,2-4,6,8-10,12,14H2,1H3,(H2,19,20,21);1H. The van der Waals surface area contributed by atoms with Crippen LogP contribution >= 0.6 is 24.0 Å². The van der Waals surface area contributed by atoms with Gasteiger partial charge in [0.1, 0.15) is 0 Å². The molecule has 0 amide bonds. The molecule has 0 atom stereocenters. The Morgan fingerprint density at radius 2 is 2.04 bits per heavy atom. The van der Waals surface area contributed by atoms with Gasteiger partial charge in [0.15, 0.2) is 17.4 Å². The van der Waals surface area contributed by atoms with Crippen molar-refractivity contribution < 1.29 is 0 Å². The maximum Gasteiger partial charge on any atom is 0.191 e. The van der Waals surface area contributed by atoms with Crippen molar-refractivity contribution in [3.05, 3.63) is 30.2 Å². The average Bonchev–Trinajstić information content (AvgIpc) is 3.27. The van der Waals surface area contributed by atoms with Crippen LogP contribution in [0.15, 0.2) is 29.4 Å². The summed E-state index contributed by atoms with van der Waals surface area (Å²) >= 11 is 0. The summed E-state index contributed by atoms with van der Waals surface area (Å²) in [5, 5.41) is 15.1. The summed E-state index contributed by atoms with van der Waals surface area (Å²) in [6.45, 7) is 1.57. The predicted molar refractivity (Wildman–Crippen MR) is 112 cm³/mol. The number of fused-ring (bicyclic) bond motifs is 1. The Hall–Kier alpha value is -1.38. The highest BCUT2D eigenvalue weighted by Crippen LogP contribution is 2.28. The van der Waals surface area contributed by atoms with E-state index in [1.807, 2.05) is 28.8 Å². The highest BCUT2D eigenvalue weighted by molar-refractivity contribution is 14.0. The summed E-state index contributed by atoms with van der Waals surface area (Å²) < 4.78 is 1.99. The van der Waals surface area contributed by atoms with E-state index in [9.17, 15) is 0 Å². The van der Waals surface area contributed by atoms with Crippen LogP contribution in [0.25, 0.3) is 5.65 Å². The number of hydrogen-bond acceptors (Lipinski definition) is 3. The molecule has 0 aromatic carbocycles. The lowest BCUT2D eigenvalue weighted by Gasteiger charge is -2.12. The first-order valence-electron chi connectivity index (χ1n) is 9.10. The largest absolute Gasteiger partial charge is 0.356 e. The molecule has 1 saturated carbocycles. The average molecular weight is 456 g/mol. The van der Waals surface area contributed by atoms with Crippen LogP contribution in [0.2, 0.25) is 0 Å². The number of hydrogen-bond donors (Lipinski definition) is 2. The molecule has 1 aliphatic carbocycles. The molecule has 138 valence electrons. The minimum Gasteiger partial charge on any atom is -0.356 e. The van der Waals surface area contributed by atoms with Crippen molar-refractivity contribution in [2.24, 2.45) is 10.9 Å². The molecule has 3 rings (SSSR count). The van der Waals surface area contributed by atoms with Crippen molar-refractivity contribution in [3.63, 3.8) is 0 Å². The van der Waals surface area contributed by atoms with E-state index in [-0.39, 0.29) is 24.0 Å². The number of aromatic nitrogens is 3. The number of unbranched alkanes of at least 4 members (excludes halogenated alkanes) is 1. The number of pyridine rings is 1. The Morgan fingerprint density at radius 1 is 1.20 bits per heavy atom. The molecule has 2 N–H and O–H groups in total. The maximum atomic E-state index is 4.28. The van der Waals surface area contributed by atoms with Gasteiger partial charge in [-0.2, -0.15) is 0 Å². The van der Waals surface area contributed by atoms with Gasteiger partial charge in [0.2, 0.25) is 0 Å². The van der Waals surface area contributed by atoms with Gasteiger partial charge in [0.05, 0.1) is 6.54 Å². The molecule has 25 heavy (non-hydrogen) atoms. The second-order valence-electron chi connectivity index (χ2n) is 6.54. The summed E-state index contributed by atoms with van der Waals surface area (Å²) in [5.41, 5.74) is 0.865. The molecule has 0 saturated heterocycles. The fourth-order valence-corrected chi connectivity index (χ4v) is 3.46. The molecular weight excluding hydrogens is 427 g/mol. The van der Waals surface area contributed by atoms with Crippen LogP contribution in [0.5, 0.6) is 0 Å². The number of nitrogens with one attached hydrogen (secondary N) is 2. The van der Waals surface area contributed by atoms with Crippen molar-refractivity contribution in [2.45, 2.75) is 51.5 Å². The van der Waals surface area contributed by atoms with E-state index in [0.29, 0.717) is 6.54 Å². The van der Waals surface area contributed by atoms with Crippen molar-refractivity contribution in [3.8, 4) is 0 Å². The Labute approximate surface area is 166 Å². The summed E-state index contributed by atoms with van der Waals surface area (Å²) in [6.07, 6.45) is 11.7. The zero-order valence-corrected chi connectivity index (χ0v) is 17.3. The Balaban J connectivity index is 0.00000225. The van der Waals surface area contributed by atoms with Crippen molar-refractivity contribution in [1.29, 1.82) is 0 Å². The first kappa shape index (κ1) is 19.9. The lowest BCUT2D eigenvalue weighted by Crippen LogP contribution is -2.37. The maximum absolute atomic E-state index is 4.28. The van der Waals surface area contributed by atoms with Crippen molar-refractivity contribution in [1.82, 2.24) is 25.2 Å². The molecule has 0 bridgehead atoms. The molecule has 1 fully saturated rings. The predicted octanol–water partition coefficient (Wildman–Crippen LogP) is 3.37. The zero-order chi connectivity index (χ0) is 16.6. The van der Waals surface area contributed by atoms with Crippen LogP contribution in [0.3, 0.4) is 0 Å². The fourth-order valence-electron chi connectivity index (χ4n) is 3.46. The third-order valence-electron chi connectivity index (χ3n) is 4.83. The number of halogens is 1. The van der Waals surface area contributed by atoms with Gasteiger partial charge in [-0.15, -0.1) is 34.2 Å². The van der Waals surface area contributed by atoms with E-state index >= 15 is 0 Å². The third-order valence-corrected chi connectivity index (χ3v) is 4.83. The molecular formula is C18H29IN6. The fraction of sp³-hybridized carbons (Fsp3) is 0.611. The topological polar surface area (TPSA) is 66.6 Å². The molecule has 1 aliphatic rings. The summed E-state index contributed by atoms with van der Waals surface area (Å²) in [7, 11) is 1.80. The first-order chi connectivity index (χ1) is 11.9. The van der Waals surface area contributed by atoms with E-state index in [4.69, 9.17) is 0 Å². The molecule has 2 aromatic rings. The van der Waals surface area contributed by atoms with E-state index in [2.05, 4.69) is 25.8 Å². The van der Waals surface area contributed by atoms with E-state index < -0.39 is 0 Å². The number of rotatable bonds is 7. The molecule has 0 aliphatic heterocycles. The van der Waals surface area contributed by atoms with Crippen LogP contribution in [0.1, 0.15) is 50.8 Å². The summed E-state index contributed by atoms with van der Waals surface area (Å²) in [4.78, 5) is 4.28. The SMILES string of the molecule is CN=C(NCCCCC1CCCC1)NCc1nnc2ccccn12.I. The molecule has 0 radical (unpaired) electrons. The van der Waals surface area contributed by atoms with Crippen LogP contribution < -0.4 is 10.6 Å². The normalized spacial score (nSPS) is 15.3. The first-order valence-corrected chi connectivity index (χ1v) is 9.10. The third kappa shape index (κ3) is 5.83. The summed E-state index contributed by atoms with van der Waals surface area (Å²) in [5.74, 6) is 2.70. The highest BCUT2D eigenvalue weighted by atomic mass is 127. The van der Waals surface area contributed by atoms with Crippen LogP contribution in [0, 0.1) is 5.92 Å². The number of aliphatic imine (C=N–C) groups is 1. The minimum absolute atomic E-state index is 0. The van der Waals surface area contributed by atoms with Gasteiger partial charge in [-0.3, -0.25) is 9.39 Å². The quantitative estimate of drug-likeness (QED) is 0.290. The number of nitrogens with zero attached hydrogens (tertiary/aromatic N) is 4. The zero-order valence-electron chi connectivity index (χ0n) is 14.9. The van der Waals surface area contributed by atoms with Gasteiger partial charge < -0.3 is 10.6 Å². The van der Waals surface area contributed by atoms with Crippen molar-refractivity contribution in [2.75, 3.05) is 13.6 Å². The van der Waals surface area contributed by atoms with Gasteiger partial charge in [0.25, 0.3) is 0 Å². The monoisotopic (exact) mass is 456 g/mol.